The minimum Gasteiger partial charge on any atom is -0.388 e. The van der Waals surface area contributed by atoms with Crippen LogP contribution >= 0.6 is 7.82 Å². The molecular formula is C17H19O6P. The van der Waals surface area contributed by atoms with Crippen LogP contribution in [0, 0.1) is 0 Å². The van der Waals surface area contributed by atoms with E-state index in [4.69, 9.17) is 18.7 Å². The molecule has 2 aromatic carbocycles. The van der Waals surface area contributed by atoms with Crippen molar-refractivity contribution in [3.8, 4) is 0 Å². The van der Waals surface area contributed by atoms with E-state index in [9.17, 15) is 9.36 Å². The van der Waals surface area contributed by atoms with E-state index in [0.717, 1.165) is 11.1 Å². The number of Topliss-reactive ketones (excluding diaryl/α,β-unsaturated/α-hetero) is 1. The molecule has 128 valence electrons. The first-order chi connectivity index (χ1) is 11.6. The Labute approximate surface area is 140 Å². The van der Waals surface area contributed by atoms with Crippen LogP contribution in [0.15, 0.2) is 60.7 Å². The number of benzene rings is 2. The molecule has 24 heavy (non-hydrogen) atoms. The normalized spacial score (nSPS) is 11.4. The zero-order chi connectivity index (χ0) is 17.3. The summed E-state index contributed by atoms with van der Waals surface area (Å²) in [6, 6.07) is 18.2. The summed E-state index contributed by atoms with van der Waals surface area (Å²) in [7, 11) is -3.95. The summed E-state index contributed by atoms with van der Waals surface area (Å²) < 4.78 is 28.3. The minimum atomic E-state index is -3.95. The molecule has 6 nitrogen and oxygen atoms in total. The molecule has 0 atom stereocenters. The maximum atomic E-state index is 12.7. The lowest BCUT2D eigenvalue weighted by atomic mass is 10.2. The molecular weight excluding hydrogens is 331 g/mol. The zero-order valence-corrected chi connectivity index (χ0v) is 13.9. The Morgan fingerprint density at radius 2 is 1.29 bits per heavy atom. The first-order valence-corrected chi connectivity index (χ1v) is 8.81. The molecule has 0 radical (unpaired) electrons. The predicted octanol–water partition coefficient (Wildman–Crippen LogP) is 3.11. The molecule has 1 N–H and O–H groups in total. The zero-order valence-electron chi connectivity index (χ0n) is 13.0. The number of hydrogen-bond donors (Lipinski definition) is 1. The number of phosphoric ester groups is 1. The van der Waals surface area contributed by atoms with E-state index in [1.54, 1.807) is 24.3 Å². The minimum absolute atomic E-state index is 0.0141. The average Bonchev–Trinajstić information content (AvgIpc) is 2.65. The molecule has 0 saturated carbocycles. The third kappa shape index (κ3) is 6.35. The number of phosphoric acid groups is 1. The van der Waals surface area contributed by atoms with Gasteiger partial charge in [0, 0.05) is 0 Å². The lowest BCUT2D eigenvalue weighted by Crippen LogP contribution is -2.13. The maximum absolute atomic E-state index is 12.7. The van der Waals surface area contributed by atoms with Crippen LogP contribution in [0.4, 0.5) is 0 Å². The van der Waals surface area contributed by atoms with E-state index in [0.29, 0.717) is 0 Å². The van der Waals surface area contributed by atoms with E-state index in [2.05, 4.69) is 0 Å². The van der Waals surface area contributed by atoms with E-state index in [1.165, 1.54) is 0 Å². The Kier molecular flexibility index (Phi) is 7.31. The highest BCUT2D eigenvalue weighted by Gasteiger charge is 2.28. The van der Waals surface area contributed by atoms with Crippen LogP contribution in [0.2, 0.25) is 0 Å². The van der Waals surface area contributed by atoms with Crippen LogP contribution in [-0.4, -0.2) is 24.1 Å². The summed E-state index contributed by atoms with van der Waals surface area (Å²) in [6.07, 6.45) is 0. The van der Waals surface area contributed by atoms with Crippen LogP contribution in [0.25, 0.3) is 0 Å². The van der Waals surface area contributed by atoms with E-state index >= 15 is 0 Å². The van der Waals surface area contributed by atoms with Gasteiger partial charge in [-0.15, -0.1) is 0 Å². The largest absolute Gasteiger partial charge is 0.475 e. The number of aliphatic hydroxyl groups is 1. The fourth-order valence-corrected chi connectivity index (χ4v) is 2.90. The molecule has 0 unspecified atom stereocenters. The lowest BCUT2D eigenvalue weighted by molar-refractivity contribution is -0.124. The average molecular weight is 350 g/mol. The number of aliphatic hydroxyl groups excluding tert-OH is 1. The number of carbonyl (C=O) groups excluding carboxylic acids is 1. The summed E-state index contributed by atoms with van der Waals surface area (Å²) >= 11 is 0. The van der Waals surface area contributed by atoms with Crippen molar-refractivity contribution in [2.45, 2.75) is 13.2 Å². The van der Waals surface area contributed by atoms with Crippen molar-refractivity contribution in [2.75, 3.05) is 13.2 Å². The van der Waals surface area contributed by atoms with Gasteiger partial charge in [-0.2, -0.15) is 0 Å². The Bertz CT molecular complexity index is 626. The smallest absolute Gasteiger partial charge is 0.388 e. The number of carbonyl (C=O) groups is 1. The predicted molar refractivity (Wildman–Crippen MR) is 88.1 cm³/mol. The van der Waals surface area contributed by atoms with Crippen molar-refractivity contribution in [3.63, 3.8) is 0 Å². The fourth-order valence-electron chi connectivity index (χ4n) is 1.76. The molecule has 0 fully saturated rings. The number of rotatable bonds is 10. The maximum Gasteiger partial charge on any atom is 0.475 e. The van der Waals surface area contributed by atoms with Crippen molar-refractivity contribution in [1.82, 2.24) is 0 Å². The van der Waals surface area contributed by atoms with Gasteiger partial charge in [-0.05, 0) is 11.1 Å². The molecule has 0 spiro atoms. The van der Waals surface area contributed by atoms with Crippen molar-refractivity contribution < 1.29 is 28.0 Å². The third-order valence-corrected chi connectivity index (χ3v) is 4.36. The van der Waals surface area contributed by atoms with Gasteiger partial charge in [0.05, 0.1) is 13.2 Å². The van der Waals surface area contributed by atoms with Crippen molar-refractivity contribution in [3.05, 3.63) is 71.8 Å². The molecule has 2 rings (SSSR count). The molecule has 0 saturated heterocycles. The van der Waals surface area contributed by atoms with Gasteiger partial charge >= 0.3 is 7.82 Å². The lowest BCUT2D eigenvalue weighted by Gasteiger charge is -2.17. The molecule has 0 amide bonds. The highest BCUT2D eigenvalue weighted by molar-refractivity contribution is 7.48. The summed E-state index contributed by atoms with van der Waals surface area (Å²) in [5.41, 5.74) is 1.58. The Balaban J connectivity index is 1.99. The Morgan fingerprint density at radius 1 is 0.833 bits per heavy atom. The molecule has 2 aromatic rings. The van der Waals surface area contributed by atoms with Gasteiger partial charge < -0.3 is 5.11 Å². The van der Waals surface area contributed by atoms with Gasteiger partial charge in [-0.3, -0.25) is 18.4 Å². The SMILES string of the molecule is O=C(CO)COP(=O)(OCc1ccccc1)OCc1ccccc1. The van der Waals surface area contributed by atoms with E-state index < -0.39 is 26.8 Å². The highest BCUT2D eigenvalue weighted by atomic mass is 31.2. The third-order valence-electron chi connectivity index (χ3n) is 3.02. The molecule has 0 aliphatic heterocycles. The van der Waals surface area contributed by atoms with Gasteiger partial charge in [-0.25, -0.2) is 4.57 Å². The molecule has 0 bridgehead atoms. The van der Waals surface area contributed by atoms with E-state index in [-0.39, 0.29) is 13.2 Å². The van der Waals surface area contributed by atoms with Crippen LogP contribution in [0.1, 0.15) is 11.1 Å². The highest BCUT2D eigenvalue weighted by Crippen LogP contribution is 2.50. The quantitative estimate of drug-likeness (QED) is 0.663. The van der Waals surface area contributed by atoms with E-state index in [1.807, 2.05) is 36.4 Å². The standard InChI is InChI=1S/C17H19O6P/c18-11-17(19)14-23-24(20,21-12-15-7-3-1-4-8-15)22-13-16-9-5-2-6-10-16/h1-10,18H,11-14H2. The van der Waals surface area contributed by atoms with Crippen molar-refractivity contribution in [2.24, 2.45) is 0 Å². The first kappa shape index (κ1) is 18.5. The first-order valence-electron chi connectivity index (χ1n) is 7.35. The summed E-state index contributed by atoms with van der Waals surface area (Å²) in [4.78, 5) is 11.2. The molecule has 0 aromatic heterocycles. The van der Waals surface area contributed by atoms with Crippen LogP contribution in [0.5, 0.6) is 0 Å². The van der Waals surface area contributed by atoms with Gasteiger partial charge in [0.1, 0.15) is 13.2 Å². The van der Waals surface area contributed by atoms with Gasteiger partial charge in [0.15, 0.2) is 5.78 Å². The summed E-state index contributed by atoms with van der Waals surface area (Å²) in [5.74, 6) is -0.609. The molecule has 7 heteroatoms. The molecule has 0 aliphatic rings. The van der Waals surface area contributed by atoms with Crippen LogP contribution in [-0.2, 0) is 36.1 Å². The second-order valence-electron chi connectivity index (χ2n) is 4.94. The van der Waals surface area contributed by atoms with Gasteiger partial charge in [0.25, 0.3) is 0 Å². The van der Waals surface area contributed by atoms with Crippen molar-refractivity contribution >= 4 is 13.6 Å². The fraction of sp³-hybridized carbons (Fsp3) is 0.235. The second-order valence-corrected chi connectivity index (χ2v) is 6.60. The van der Waals surface area contributed by atoms with Crippen molar-refractivity contribution in [1.29, 1.82) is 0 Å². The topological polar surface area (TPSA) is 82.1 Å². The van der Waals surface area contributed by atoms with Gasteiger partial charge in [0.2, 0.25) is 0 Å². The summed E-state index contributed by atoms with van der Waals surface area (Å²) in [5, 5.41) is 8.75. The van der Waals surface area contributed by atoms with Crippen LogP contribution in [0.3, 0.4) is 0 Å². The molecule has 0 aliphatic carbocycles. The number of hydrogen-bond acceptors (Lipinski definition) is 6. The Hall–Kier alpha value is -1.82. The van der Waals surface area contributed by atoms with Crippen LogP contribution < -0.4 is 0 Å². The Morgan fingerprint density at radius 3 is 1.71 bits per heavy atom. The monoisotopic (exact) mass is 350 g/mol. The molecule has 0 heterocycles. The number of ketones is 1. The second kappa shape index (κ2) is 9.47. The summed E-state index contributed by atoms with van der Waals surface area (Å²) in [6.45, 7) is -1.21. The van der Waals surface area contributed by atoms with Gasteiger partial charge in [-0.1, -0.05) is 60.7 Å².